The molecule has 1 aliphatic heterocycles. The number of nitrogens with one attached hydrogen (secondary N) is 1. The average molecular weight is 198 g/mol. The maximum absolute atomic E-state index is 11.7. The standard InChI is InChI=1S/C10H18N2O2/c1-8(13)11-9(14)10(2)4-6-12(3)7-5-10/h4-7H2,1-3H3,(H,11,13,14). The zero-order chi connectivity index (χ0) is 10.8. The lowest BCUT2D eigenvalue weighted by molar-refractivity contribution is -0.137. The molecule has 4 nitrogen and oxygen atoms in total. The second kappa shape index (κ2) is 4.09. The van der Waals surface area contributed by atoms with E-state index in [9.17, 15) is 9.59 Å². The number of hydrogen-bond donors (Lipinski definition) is 1. The van der Waals surface area contributed by atoms with Gasteiger partial charge in [-0.25, -0.2) is 0 Å². The molecule has 2 amide bonds. The van der Waals surface area contributed by atoms with Gasteiger partial charge in [0.15, 0.2) is 0 Å². The Hall–Kier alpha value is -0.900. The molecule has 14 heavy (non-hydrogen) atoms. The molecule has 0 aromatic heterocycles. The molecule has 0 aromatic carbocycles. The first-order valence-corrected chi connectivity index (χ1v) is 4.95. The summed E-state index contributed by atoms with van der Waals surface area (Å²) in [6, 6.07) is 0. The number of rotatable bonds is 1. The summed E-state index contributed by atoms with van der Waals surface area (Å²) in [7, 11) is 2.04. The van der Waals surface area contributed by atoms with Crippen LogP contribution in [0, 0.1) is 5.41 Å². The van der Waals surface area contributed by atoms with E-state index in [-0.39, 0.29) is 17.2 Å². The van der Waals surface area contributed by atoms with Crippen LogP contribution in [0.1, 0.15) is 26.7 Å². The highest BCUT2D eigenvalue weighted by atomic mass is 16.2. The highest BCUT2D eigenvalue weighted by Gasteiger charge is 2.36. The lowest BCUT2D eigenvalue weighted by atomic mass is 9.79. The summed E-state index contributed by atoms with van der Waals surface area (Å²) >= 11 is 0. The summed E-state index contributed by atoms with van der Waals surface area (Å²) < 4.78 is 0. The van der Waals surface area contributed by atoms with Gasteiger partial charge in [0.2, 0.25) is 11.8 Å². The van der Waals surface area contributed by atoms with Crippen molar-refractivity contribution in [2.45, 2.75) is 26.7 Å². The Bertz CT molecular complexity index is 243. The zero-order valence-corrected chi connectivity index (χ0v) is 9.09. The maximum Gasteiger partial charge on any atom is 0.232 e. The van der Waals surface area contributed by atoms with Gasteiger partial charge in [0.05, 0.1) is 0 Å². The van der Waals surface area contributed by atoms with Gasteiger partial charge in [0.25, 0.3) is 0 Å². The monoisotopic (exact) mass is 198 g/mol. The minimum Gasteiger partial charge on any atom is -0.306 e. The van der Waals surface area contributed by atoms with Crippen LogP contribution in [0.3, 0.4) is 0 Å². The molecule has 0 radical (unpaired) electrons. The summed E-state index contributed by atoms with van der Waals surface area (Å²) in [5.41, 5.74) is -0.363. The van der Waals surface area contributed by atoms with Crippen molar-refractivity contribution in [1.82, 2.24) is 10.2 Å². The van der Waals surface area contributed by atoms with Crippen LogP contribution in [0.4, 0.5) is 0 Å². The van der Waals surface area contributed by atoms with E-state index >= 15 is 0 Å². The van der Waals surface area contributed by atoms with E-state index in [1.54, 1.807) is 0 Å². The summed E-state index contributed by atoms with van der Waals surface area (Å²) in [6.45, 7) is 5.14. The van der Waals surface area contributed by atoms with Crippen LogP contribution in [-0.2, 0) is 9.59 Å². The Morgan fingerprint density at radius 3 is 2.21 bits per heavy atom. The topological polar surface area (TPSA) is 49.4 Å². The molecule has 0 atom stereocenters. The highest BCUT2D eigenvalue weighted by molar-refractivity contribution is 5.96. The molecule has 1 N–H and O–H groups in total. The van der Waals surface area contributed by atoms with Crippen molar-refractivity contribution in [3.05, 3.63) is 0 Å². The largest absolute Gasteiger partial charge is 0.306 e. The van der Waals surface area contributed by atoms with E-state index < -0.39 is 0 Å². The number of piperidine rings is 1. The van der Waals surface area contributed by atoms with Gasteiger partial charge in [-0.1, -0.05) is 6.92 Å². The predicted molar refractivity (Wildman–Crippen MR) is 53.7 cm³/mol. The van der Waals surface area contributed by atoms with Crippen molar-refractivity contribution in [3.8, 4) is 0 Å². The SMILES string of the molecule is CC(=O)NC(=O)C1(C)CCN(C)CC1. The second-order valence-corrected chi connectivity index (χ2v) is 4.37. The maximum atomic E-state index is 11.7. The number of hydrogen-bond acceptors (Lipinski definition) is 3. The van der Waals surface area contributed by atoms with Crippen LogP contribution in [0.15, 0.2) is 0 Å². The van der Waals surface area contributed by atoms with E-state index in [0.29, 0.717) is 0 Å². The van der Waals surface area contributed by atoms with Crippen molar-refractivity contribution >= 4 is 11.8 Å². The van der Waals surface area contributed by atoms with Gasteiger partial charge in [0, 0.05) is 12.3 Å². The molecule has 1 heterocycles. The average Bonchev–Trinajstić information content (AvgIpc) is 2.09. The lowest BCUT2D eigenvalue weighted by Crippen LogP contribution is -2.47. The number of imide groups is 1. The first kappa shape index (κ1) is 11.2. The van der Waals surface area contributed by atoms with Crippen LogP contribution in [-0.4, -0.2) is 36.9 Å². The number of carbonyl (C=O) groups is 2. The van der Waals surface area contributed by atoms with E-state index in [4.69, 9.17) is 0 Å². The Kier molecular flexibility index (Phi) is 3.26. The van der Waals surface area contributed by atoms with Gasteiger partial charge in [-0.3, -0.25) is 14.9 Å². The number of amides is 2. The molecule has 0 bridgehead atoms. The summed E-state index contributed by atoms with van der Waals surface area (Å²) in [5.74, 6) is -0.395. The minimum atomic E-state index is -0.363. The molecule has 4 heteroatoms. The van der Waals surface area contributed by atoms with E-state index in [0.717, 1.165) is 25.9 Å². The van der Waals surface area contributed by atoms with E-state index in [1.165, 1.54) is 6.92 Å². The van der Waals surface area contributed by atoms with Crippen molar-refractivity contribution in [1.29, 1.82) is 0 Å². The van der Waals surface area contributed by atoms with E-state index in [2.05, 4.69) is 10.2 Å². The summed E-state index contributed by atoms with van der Waals surface area (Å²) in [6.07, 6.45) is 1.64. The minimum absolute atomic E-state index is 0.127. The number of likely N-dealkylation sites (tertiary alicyclic amines) is 1. The molecular weight excluding hydrogens is 180 g/mol. The number of nitrogens with zero attached hydrogens (tertiary/aromatic N) is 1. The molecule has 0 aromatic rings. The third kappa shape index (κ3) is 2.54. The van der Waals surface area contributed by atoms with Crippen molar-refractivity contribution in [3.63, 3.8) is 0 Å². The van der Waals surface area contributed by atoms with Crippen LogP contribution < -0.4 is 5.32 Å². The Morgan fingerprint density at radius 2 is 1.79 bits per heavy atom. The third-order valence-corrected chi connectivity index (χ3v) is 2.93. The van der Waals surface area contributed by atoms with Crippen molar-refractivity contribution in [2.24, 2.45) is 5.41 Å². The van der Waals surface area contributed by atoms with Gasteiger partial charge >= 0.3 is 0 Å². The van der Waals surface area contributed by atoms with Gasteiger partial charge in [0.1, 0.15) is 0 Å². The molecule has 0 unspecified atom stereocenters. The quantitative estimate of drug-likeness (QED) is 0.662. The molecule has 80 valence electrons. The Balaban J connectivity index is 2.57. The first-order valence-electron chi connectivity index (χ1n) is 4.95. The van der Waals surface area contributed by atoms with Crippen molar-refractivity contribution < 1.29 is 9.59 Å². The normalized spacial score (nSPS) is 21.6. The predicted octanol–water partition coefficient (Wildman–Crippen LogP) is 0.381. The molecule has 0 aliphatic carbocycles. The fourth-order valence-corrected chi connectivity index (χ4v) is 1.65. The van der Waals surface area contributed by atoms with E-state index in [1.807, 2.05) is 14.0 Å². The molecule has 1 aliphatic rings. The molecular formula is C10H18N2O2. The molecule has 0 spiro atoms. The lowest BCUT2D eigenvalue weighted by Gasteiger charge is -2.36. The fraction of sp³-hybridized carbons (Fsp3) is 0.800. The highest BCUT2D eigenvalue weighted by Crippen LogP contribution is 2.30. The Morgan fingerprint density at radius 1 is 1.29 bits per heavy atom. The summed E-state index contributed by atoms with van der Waals surface area (Å²) in [5, 5.41) is 2.37. The van der Waals surface area contributed by atoms with Crippen molar-refractivity contribution in [2.75, 3.05) is 20.1 Å². The van der Waals surface area contributed by atoms with Gasteiger partial charge in [-0.2, -0.15) is 0 Å². The third-order valence-electron chi connectivity index (χ3n) is 2.93. The van der Waals surface area contributed by atoms with Gasteiger partial charge in [-0.05, 0) is 33.0 Å². The van der Waals surface area contributed by atoms with Crippen LogP contribution >= 0.6 is 0 Å². The van der Waals surface area contributed by atoms with Crippen LogP contribution in [0.5, 0.6) is 0 Å². The van der Waals surface area contributed by atoms with Gasteiger partial charge in [-0.15, -0.1) is 0 Å². The molecule has 0 saturated carbocycles. The Labute approximate surface area is 84.7 Å². The molecule has 1 fully saturated rings. The fourth-order valence-electron chi connectivity index (χ4n) is 1.65. The first-order chi connectivity index (χ1) is 6.44. The molecule has 1 rings (SSSR count). The van der Waals surface area contributed by atoms with Crippen LogP contribution in [0.2, 0.25) is 0 Å². The summed E-state index contributed by atoms with van der Waals surface area (Å²) in [4.78, 5) is 24.6. The molecule has 1 saturated heterocycles. The van der Waals surface area contributed by atoms with Gasteiger partial charge < -0.3 is 4.90 Å². The number of carbonyl (C=O) groups excluding carboxylic acids is 2. The smallest absolute Gasteiger partial charge is 0.232 e. The zero-order valence-electron chi connectivity index (χ0n) is 9.09. The second-order valence-electron chi connectivity index (χ2n) is 4.37. The van der Waals surface area contributed by atoms with Crippen LogP contribution in [0.25, 0.3) is 0 Å².